The van der Waals surface area contributed by atoms with E-state index in [2.05, 4.69) is 4.98 Å². The summed E-state index contributed by atoms with van der Waals surface area (Å²) in [5, 5.41) is 0.671. The van der Waals surface area contributed by atoms with Gasteiger partial charge in [-0.15, -0.1) is 0 Å². The number of nitrogens with zero attached hydrogens (tertiary/aromatic N) is 1. The van der Waals surface area contributed by atoms with Crippen molar-refractivity contribution in [1.82, 2.24) is 4.98 Å². The second-order valence-electron chi connectivity index (χ2n) is 3.42. The minimum atomic E-state index is 0.377. The second-order valence-corrected chi connectivity index (χ2v) is 3.82. The summed E-state index contributed by atoms with van der Waals surface area (Å²) >= 11 is 6.00. The number of aromatic nitrogens is 1. The number of hydrogen-bond acceptors (Lipinski definition) is 3. The van der Waals surface area contributed by atoms with Crippen LogP contribution in [0.15, 0.2) is 42.6 Å². The molecule has 0 N–H and O–H groups in total. The summed E-state index contributed by atoms with van der Waals surface area (Å²) in [5.74, 6) is 0.607. The lowest BCUT2D eigenvalue weighted by Crippen LogP contribution is -1.97. The number of halogens is 1. The first kappa shape index (κ1) is 11.6. The van der Waals surface area contributed by atoms with Crippen LogP contribution in [0.1, 0.15) is 16.1 Å². The summed E-state index contributed by atoms with van der Waals surface area (Å²) in [7, 11) is 0. The predicted octanol–water partition coefficient (Wildman–Crippen LogP) is 3.13. The standard InChI is InChI=1S/C13H10ClNO2/c14-13-4-2-1-3-10(13)9-17-12-6-5-11(8-16)15-7-12/h1-8H,9H2. The van der Waals surface area contributed by atoms with E-state index in [0.717, 1.165) is 5.56 Å². The number of carbonyl (C=O) groups excluding carboxylic acids is 1. The molecule has 1 aromatic carbocycles. The lowest BCUT2D eigenvalue weighted by Gasteiger charge is -2.07. The molecule has 17 heavy (non-hydrogen) atoms. The van der Waals surface area contributed by atoms with Gasteiger partial charge >= 0.3 is 0 Å². The van der Waals surface area contributed by atoms with Crippen molar-refractivity contribution in [3.63, 3.8) is 0 Å². The maximum Gasteiger partial charge on any atom is 0.168 e. The Morgan fingerprint density at radius 3 is 2.71 bits per heavy atom. The SMILES string of the molecule is O=Cc1ccc(OCc2ccccc2Cl)cn1. The summed E-state index contributed by atoms with van der Waals surface area (Å²) in [4.78, 5) is 14.3. The highest BCUT2D eigenvalue weighted by Crippen LogP contribution is 2.17. The quantitative estimate of drug-likeness (QED) is 0.780. The van der Waals surface area contributed by atoms with E-state index in [0.29, 0.717) is 29.4 Å². The van der Waals surface area contributed by atoms with E-state index < -0.39 is 0 Å². The van der Waals surface area contributed by atoms with Crippen molar-refractivity contribution in [3.8, 4) is 5.75 Å². The molecular weight excluding hydrogens is 238 g/mol. The van der Waals surface area contributed by atoms with Crippen molar-refractivity contribution in [2.75, 3.05) is 0 Å². The Bertz CT molecular complexity index is 511. The van der Waals surface area contributed by atoms with Gasteiger partial charge < -0.3 is 4.74 Å². The highest BCUT2D eigenvalue weighted by molar-refractivity contribution is 6.31. The Hall–Kier alpha value is -1.87. The average molecular weight is 248 g/mol. The Morgan fingerprint density at radius 1 is 1.24 bits per heavy atom. The zero-order valence-electron chi connectivity index (χ0n) is 8.97. The van der Waals surface area contributed by atoms with Gasteiger partial charge in [-0.1, -0.05) is 29.8 Å². The number of ether oxygens (including phenoxy) is 1. The van der Waals surface area contributed by atoms with Gasteiger partial charge in [0, 0.05) is 10.6 Å². The van der Waals surface area contributed by atoms with Gasteiger partial charge in [-0.2, -0.15) is 0 Å². The first-order valence-electron chi connectivity index (χ1n) is 5.07. The number of benzene rings is 1. The molecule has 0 unspecified atom stereocenters. The van der Waals surface area contributed by atoms with Crippen LogP contribution in [0.3, 0.4) is 0 Å². The van der Waals surface area contributed by atoms with Crippen LogP contribution < -0.4 is 4.74 Å². The Balaban J connectivity index is 2.02. The lowest BCUT2D eigenvalue weighted by molar-refractivity contribution is 0.111. The van der Waals surface area contributed by atoms with Crippen LogP contribution in [0, 0.1) is 0 Å². The van der Waals surface area contributed by atoms with Crippen LogP contribution >= 0.6 is 11.6 Å². The monoisotopic (exact) mass is 247 g/mol. The normalized spacial score (nSPS) is 9.94. The van der Waals surface area contributed by atoms with Gasteiger partial charge in [0.05, 0.1) is 6.20 Å². The molecule has 0 fully saturated rings. The number of pyridine rings is 1. The predicted molar refractivity (Wildman–Crippen MR) is 65.4 cm³/mol. The second kappa shape index (κ2) is 5.46. The summed E-state index contributed by atoms with van der Waals surface area (Å²) in [6.07, 6.45) is 2.21. The maximum atomic E-state index is 10.4. The van der Waals surface area contributed by atoms with Gasteiger partial charge in [0.15, 0.2) is 6.29 Å². The molecular formula is C13H10ClNO2. The summed E-state index contributed by atoms with van der Waals surface area (Å²) < 4.78 is 5.51. The smallest absolute Gasteiger partial charge is 0.168 e. The Kier molecular flexibility index (Phi) is 3.73. The topological polar surface area (TPSA) is 39.2 Å². The molecule has 0 spiro atoms. The zero-order chi connectivity index (χ0) is 12.1. The highest BCUT2D eigenvalue weighted by Gasteiger charge is 2.00. The van der Waals surface area contributed by atoms with E-state index in [1.807, 2.05) is 24.3 Å². The first-order chi connectivity index (χ1) is 8.29. The molecule has 4 heteroatoms. The molecule has 3 nitrogen and oxygen atoms in total. The molecule has 0 saturated carbocycles. The third-order valence-corrected chi connectivity index (χ3v) is 2.60. The molecule has 0 aliphatic rings. The number of hydrogen-bond donors (Lipinski definition) is 0. The molecule has 2 aromatic rings. The Morgan fingerprint density at radius 2 is 2.06 bits per heavy atom. The van der Waals surface area contributed by atoms with Crippen LogP contribution in [0.4, 0.5) is 0 Å². The molecule has 1 aromatic heterocycles. The molecule has 0 aliphatic heterocycles. The average Bonchev–Trinajstić information content (AvgIpc) is 2.38. The molecule has 0 aliphatic carbocycles. The van der Waals surface area contributed by atoms with E-state index in [4.69, 9.17) is 16.3 Å². The molecule has 0 amide bonds. The highest BCUT2D eigenvalue weighted by atomic mass is 35.5. The zero-order valence-corrected chi connectivity index (χ0v) is 9.72. The molecule has 0 saturated heterocycles. The van der Waals surface area contributed by atoms with Crippen LogP contribution in [-0.4, -0.2) is 11.3 Å². The lowest BCUT2D eigenvalue weighted by atomic mass is 10.2. The van der Waals surface area contributed by atoms with E-state index in [1.165, 1.54) is 6.20 Å². The van der Waals surface area contributed by atoms with Gasteiger partial charge in [-0.3, -0.25) is 4.79 Å². The number of aldehydes is 1. The van der Waals surface area contributed by atoms with Crippen molar-refractivity contribution >= 4 is 17.9 Å². The number of rotatable bonds is 4. The molecule has 0 radical (unpaired) electrons. The van der Waals surface area contributed by atoms with E-state index in [1.54, 1.807) is 12.1 Å². The molecule has 86 valence electrons. The fourth-order valence-electron chi connectivity index (χ4n) is 1.32. The molecule has 2 rings (SSSR count). The summed E-state index contributed by atoms with van der Waals surface area (Å²) in [6, 6.07) is 10.8. The van der Waals surface area contributed by atoms with Crippen LogP contribution in [-0.2, 0) is 6.61 Å². The first-order valence-corrected chi connectivity index (χ1v) is 5.45. The summed E-state index contributed by atoms with van der Waals surface area (Å²) in [6.45, 7) is 0.377. The van der Waals surface area contributed by atoms with Gasteiger partial charge in [-0.05, 0) is 18.2 Å². The third kappa shape index (κ3) is 3.04. The van der Waals surface area contributed by atoms with Crippen LogP contribution in [0.5, 0.6) is 5.75 Å². The van der Waals surface area contributed by atoms with Crippen molar-refractivity contribution in [2.24, 2.45) is 0 Å². The van der Waals surface area contributed by atoms with E-state index in [-0.39, 0.29) is 0 Å². The summed E-state index contributed by atoms with van der Waals surface area (Å²) in [5.41, 5.74) is 1.30. The maximum absolute atomic E-state index is 10.4. The minimum Gasteiger partial charge on any atom is -0.487 e. The largest absolute Gasteiger partial charge is 0.487 e. The molecule has 0 atom stereocenters. The van der Waals surface area contributed by atoms with Gasteiger partial charge in [0.1, 0.15) is 18.1 Å². The Labute approximate surface area is 104 Å². The number of carbonyl (C=O) groups is 1. The fraction of sp³-hybridized carbons (Fsp3) is 0.0769. The van der Waals surface area contributed by atoms with Crippen molar-refractivity contribution in [3.05, 3.63) is 58.9 Å². The molecule has 0 bridgehead atoms. The van der Waals surface area contributed by atoms with Gasteiger partial charge in [0.2, 0.25) is 0 Å². The van der Waals surface area contributed by atoms with Gasteiger partial charge in [-0.25, -0.2) is 4.98 Å². The van der Waals surface area contributed by atoms with Crippen LogP contribution in [0.25, 0.3) is 0 Å². The minimum absolute atomic E-state index is 0.377. The third-order valence-electron chi connectivity index (χ3n) is 2.23. The van der Waals surface area contributed by atoms with Crippen molar-refractivity contribution in [2.45, 2.75) is 6.61 Å². The van der Waals surface area contributed by atoms with Crippen molar-refractivity contribution in [1.29, 1.82) is 0 Å². The fourth-order valence-corrected chi connectivity index (χ4v) is 1.51. The van der Waals surface area contributed by atoms with E-state index in [9.17, 15) is 4.79 Å². The van der Waals surface area contributed by atoms with E-state index >= 15 is 0 Å². The van der Waals surface area contributed by atoms with Gasteiger partial charge in [0.25, 0.3) is 0 Å². The van der Waals surface area contributed by atoms with Crippen molar-refractivity contribution < 1.29 is 9.53 Å². The van der Waals surface area contributed by atoms with Crippen LogP contribution in [0.2, 0.25) is 5.02 Å². The molecule has 1 heterocycles.